The Morgan fingerprint density at radius 3 is 2.63 bits per heavy atom. The van der Waals surface area contributed by atoms with Crippen LogP contribution in [0.25, 0.3) is 0 Å². The highest BCUT2D eigenvalue weighted by molar-refractivity contribution is 6.03. The highest BCUT2D eigenvalue weighted by atomic mass is 19.2. The summed E-state index contributed by atoms with van der Waals surface area (Å²) in [6.45, 7) is 1.93. The molecule has 138 valence electrons. The molecule has 0 aliphatic heterocycles. The lowest BCUT2D eigenvalue weighted by atomic mass is 10.2. The van der Waals surface area contributed by atoms with Crippen molar-refractivity contribution in [1.29, 1.82) is 0 Å². The van der Waals surface area contributed by atoms with Gasteiger partial charge in [0.2, 0.25) is 5.95 Å². The van der Waals surface area contributed by atoms with E-state index in [1.807, 2.05) is 19.1 Å². The summed E-state index contributed by atoms with van der Waals surface area (Å²) in [6, 6.07) is 10.1. The topological polar surface area (TPSA) is 76.1 Å². The SMILES string of the molecule is COc1ccc(C)cc1Nc1nccc(C(=O)Nc2ccc(F)c(F)c2)n1. The Morgan fingerprint density at radius 1 is 1.07 bits per heavy atom. The van der Waals surface area contributed by atoms with Gasteiger partial charge in [-0.15, -0.1) is 0 Å². The first-order chi connectivity index (χ1) is 13.0. The summed E-state index contributed by atoms with van der Waals surface area (Å²) < 4.78 is 31.5. The van der Waals surface area contributed by atoms with Crippen molar-refractivity contribution in [2.75, 3.05) is 17.7 Å². The molecule has 2 N–H and O–H groups in total. The van der Waals surface area contributed by atoms with Gasteiger partial charge in [-0.05, 0) is 42.8 Å². The van der Waals surface area contributed by atoms with Gasteiger partial charge in [0.1, 0.15) is 11.4 Å². The molecule has 0 atom stereocenters. The highest BCUT2D eigenvalue weighted by Crippen LogP contribution is 2.27. The van der Waals surface area contributed by atoms with Gasteiger partial charge >= 0.3 is 0 Å². The molecule has 0 radical (unpaired) electrons. The van der Waals surface area contributed by atoms with Crippen molar-refractivity contribution in [3.8, 4) is 5.75 Å². The van der Waals surface area contributed by atoms with Gasteiger partial charge in [0.05, 0.1) is 12.8 Å². The number of methoxy groups -OCH3 is 1. The predicted octanol–water partition coefficient (Wildman–Crippen LogP) is 4.07. The van der Waals surface area contributed by atoms with E-state index in [9.17, 15) is 13.6 Å². The second-order valence-corrected chi connectivity index (χ2v) is 5.68. The lowest BCUT2D eigenvalue weighted by molar-refractivity contribution is 0.102. The maximum atomic E-state index is 13.3. The Balaban J connectivity index is 1.80. The molecule has 0 aliphatic carbocycles. The molecule has 27 heavy (non-hydrogen) atoms. The molecule has 1 amide bonds. The van der Waals surface area contributed by atoms with E-state index < -0.39 is 17.5 Å². The summed E-state index contributed by atoms with van der Waals surface area (Å²) in [4.78, 5) is 20.6. The normalized spacial score (nSPS) is 10.4. The Bertz CT molecular complexity index is 995. The molecule has 0 unspecified atom stereocenters. The van der Waals surface area contributed by atoms with Crippen LogP contribution in [-0.4, -0.2) is 23.0 Å². The van der Waals surface area contributed by atoms with Gasteiger partial charge < -0.3 is 15.4 Å². The average Bonchev–Trinajstić information content (AvgIpc) is 2.65. The number of halogens is 2. The van der Waals surface area contributed by atoms with Crippen LogP contribution in [0.4, 0.5) is 26.1 Å². The van der Waals surface area contributed by atoms with Crippen molar-refractivity contribution in [3.05, 3.63) is 71.6 Å². The van der Waals surface area contributed by atoms with Crippen LogP contribution >= 0.6 is 0 Å². The first-order valence-electron chi connectivity index (χ1n) is 7.97. The summed E-state index contributed by atoms with van der Waals surface area (Å²) >= 11 is 0. The molecule has 3 rings (SSSR count). The molecule has 2 aromatic carbocycles. The number of nitrogens with zero attached hydrogens (tertiary/aromatic N) is 2. The first kappa shape index (κ1) is 18.2. The number of amides is 1. The third-order valence-electron chi connectivity index (χ3n) is 3.67. The highest BCUT2D eigenvalue weighted by Gasteiger charge is 2.12. The standard InChI is InChI=1S/C19H16F2N4O2/c1-11-3-6-17(27-2)16(9-11)25-19-22-8-7-15(24-19)18(26)23-12-4-5-13(20)14(21)10-12/h3-10H,1-2H3,(H,23,26)(H,22,24,25). The number of aromatic nitrogens is 2. The van der Waals surface area contributed by atoms with E-state index in [0.717, 1.165) is 17.7 Å². The number of hydrogen-bond acceptors (Lipinski definition) is 5. The molecule has 8 heteroatoms. The van der Waals surface area contributed by atoms with E-state index in [0.29, 0.717) is 11.4 Å². The van der Waals surface area contributed by atoms with Gasteiger partial charge in [-0.25, -0.2) is 18.7 Å². The van der Waals surface area contributed by atoms with E-state index in [2.05, 4.69) is 20.6 Å². The molecule has 0 spiro atoms. The fraction of sp³-hybridized carbons (Fsp3) is 0.105. The quantitative estimate of drug-likeness (QED) is 0.708. The van der Waals surface area contributed by atoms with Gasteiger partial charge in [0.25, 0.3) is 5.91 Å². The monoisotopic (exact) mass is 370 g/mol. The minimum atomic E-state index is -1.05. The van der Waals surface area contributed by atoms with E-state index in [-0.39, 0.29) is 17.3 Å². The molecule has 0 bridgehead atoms. The van der Waals surface area contributed by atoms with Crippen molar-refractivity contribution in [2.45, 2.75) is 6.92 Å². The number of anilines is 3. The maximum absolute atomic E-state index is 13.3. The fourth-order valence-electron chi connectivity index (χ4n) is 2.35. The minimum Gasteiger partial charge on any atom is -0.495 e. The molecule has 0 aliphatic rings. The van der Waals surface area contributed by atoms with Crippen LogP contribution in [-0.2, 0) is 0 Å². The van der Waals surface area contributed by atoms with Crippen molar-refractivity contribution in [3.63, 3.8) is 0 Å². The van der Waals surface area contributed by atoms with Gasteiger partial charge in [-0.2, -0.15) is 0 Å². The van der Waals surface area contributed by atoms with Gasteiger partial charge in [0, 0.05) is 18.0 Å². The van der Waals surface area contributed by atoms with Crippen LogP contribution in [0, 0.1) is 18.6 Å². The third kappa shape index (κ3) is 4.35. The molecule has 0 fully saturated rings. The lowest BCUT2D eigenvalue weighted by Crippen LogP contribution is -2.15. The van der Waals surface area contributed by atoms with Gasteiger partial charge in [-0.3, -0.25) is 4.79 Å². The zero-order chi connectivity index (χ0) is 19.4. The van der Waals surface area contributed by atoms with Crippen LogP contribution in [0.15, 0.2) is 48.7 Å². The number of nitrogens with one attached hydrogen (secondary N) is 2. The van der Waals surface area contributed by atoms with Gasteiger partial charge in [0.15, 0.2) is 11.6 Å². The predicted molar refractivity (Wildman–Crippen MR) is 97.4 cm³/mol. The zero-order valence-corrected chi connectivity index (χ0v) is 14.6. The maximum Gasteiger partial charge on any atom is 0.274 e. The lowest BCUT2D eigenvalue weighted by Gasteiger charge is -2.11. The molecular formula is C19H16F2N4O2. The number of rotatable bonds is 5. The molecule has 1 heterocycles. The number of ether oxygens (including phenoxy) is 1. The number of hydrogen-bond donors (Lipinski definition) is 2. The van der Waals surface area contributed by atoms with E-state index in [4.69, 9.17) is 4.74 Å². The Morgan fingerprint density at radius 2 is 1.89 bits per heavy atom. The average molecular weight is 370 g/mol. The smallest absolute Gasteiger partial charge is 0.274 e. The number of aryl methyl sites for hydroxylation is 1. The molecule has 6 nitrogen and oxygen atoms in total. The Hall–Kier alpha value is -3.55. The van der Waals surface area contributed by atoms with Crippen LogP contribution in [0.3, 0.4) is 0 Å². The van der Waals surface area contributed by atoms with E-state index in [1.165, 1.54) is 18.3 Å². The second kappa shape index (κ2) is 7.77. The Labute approximate surface area is 154 Å². The molecule has 1 aromatic heterocycles. The molecule has 0 saturated carbocycles. The summed E-state index contributed by atoms with van der Waals surface area (Å²) in [5.74, 6) is -1.83. The van der Waals surface area contributed by atoms with Crippen molar-refractivity contribution in [2.24, 2.45) is 0 Å². The largest absolute Gasteiger partial charge is 0.495 e. The fourth-order valence-corrected chi connectivity index (χ4v) is 2.35. The van der Waals surface area contributed by atoms with Gasteiger partial charge in [-0.1, -0.05) is 6.07 Å². The zero-order valence-electron chi connectivity index (χ0n) is 14.6. The molecule has 0 saturated heterocycles. The number of benzene rings is 2. The summed E-state index contributed by atoms with van der Waals surface area (Å²) in [7, 11) is 1.54. The third-order valence-corrected chi connectivity index (χ3v) is 3.67. The molecular weight excluding hydrogens is 354 g/mol. The summed E-state index contributed by atoms with van der Waals surface area (Å²) in [5, 5.41) is 5.46. The van der Waals surface area contributed by atoms with Crippen LogP contribution < -0.4 is 15.4 Å². The summed E-state index contributed by atoms with van der Waals surface area (Å²) in [5.41, 5.74) is 1.83. The minimum absolute atomic E-state index is 0.0591. The number of carbonyl (C=O) groups excluding carboxylic acids is 1. The molecule has 3 aromatic rings. The first-order valence-corrected chi connectivity index (χ1v) is 7.97. The van der Waals surface area contributed by atoms with Crippen molar-refractivity contribution < 1.29 is 18.3 Å². The Kier molecular flexibility index (Phi) is 5.25. The van der Waals surface area contributed by atoms with E-state index >= 15 is 0 Å². The second-order valence-electron chi connectivity index (χ2n) is 5.68. The van der Waals surface area contributed by atoms with Crippen molar-refractivity contribution >= 4 is 23.2 Å². The van der Waals surface area contributed by atoms with Crippen LogP contribution in [0.2, 0.25) is 0 Å². The van der Waals surface area contributed by atoms with E-state index in [1.54, 1.807) is 13.2 Å². The number of carbonyl (C=O) groups is 1. The van der Waals surface area contributed by atoms with Crippen LogP contribution in [0.1, 0.15) is 16.1 Å². The van der Waals surface area contributed by atoms with Crippen LogP contribution in [0.5, 0.6) is 5.75 Å². The van der Waals surface area contributed by atoms with Crippen molar-refractivity contribution in [1.82, 2.24) is 9.97 Å². The summed E-state index contributed by atoms with van der Waals surface area (Å²) in [6.07, 6.45) is 1.41.